The highest BCUT2D eigenvalue weighted by Crippen LogP contribution is 2.40. The average molecular weight is 413 g/mol. The van der Waals surface area contributed by atoms with Gasteiger partial charge in [0.2, 0.25) is 0 Å². The van der Waals surface area contributed by atoms with E-state index in [1.165, 1.54) is 36.9 Å². The molecule has 1 fully saturated rings. The standard InChI is InChI=1S/C26H38N2O2/c1-20-19-28(3)21(2)16-26(20,17-22-9-7-6-8-10-22)13-14-27-18-23-11-12-24(29-4)25(15-23)30-5/h6-12,15,20-21,27H,13-14,16-19H2,1-5H3/p+2/t20-,21+,26-/m1/s1. The van der Waals surface area contributed by atoms with Gasteiger partial charge in [-0.15, -0.1) is 0 Å². The molecule has 4 nitrogen and oxygen atoms in total. The number of hydrogen-bond acceptors (Lipinski definition) is 2. The highest BCUT2D eigenvalue weighted by atomic mass is 16.5. The molecule has 3 N–H and O–H groups in total. The number of benzene rings is 2. The third-order valence-corrected chi connectivity index (χ3v) is 7.30. The molecule has 0 saturated carbocycles. The molecule has 2 aromatic carbocycles. The van der Waals surface area contributed by atoms with Crippen LogP contribution in [-0.4, -0.2) is 40.4 Å². The zero-order chi connectivity index (χ0) is 21.6. The van der Waals surface area contributed by atoms with Gasteiger partial charge in [0.25, 0.3) is 0 Å². The van der Waals surface area contributed by atoms with E-state index >= 15 is 0 Å². The van der Waals surface area contributed by atoms with Gasteiger partial charge in [-0.1, -0.05) is 37.3 Å². The topological polar surface area (TPSA) is 39.5 Å². The van der Waals surface area contributed by atoms with E-state index in [4.69, 9.17) is 9.47 Å². The Bertz CT molecular complexity index is 795. The number of nitrogens with two attached hydrogens (primary N) is 1. The Morgan fingerprint density at radius 1 is 1.00 bits per heavy atom. The third-order valence-electron chi connectivity index (χ3n) is 7.30. The smallest absolute Gasteiger partial charge is 0.161 e. The summed E-state index contributed by atoms with van der Waals surface area (Å²) in [7, 11) is 5.74. The molecule has 2 aromatic rings. The Hall–Kier alpha value is -2.04. The lowest BCUT2D eigenvalue weighted by atomic mass is 9.63. The zero-order valence-electron chi connectivity index (χ0n) is 19.4. The zero-order valence-corrected chi connectivity index (χ0v) is 19.4. The van der Waals surface area contributed by atoms with Crippen molar-refractivity contribution in [2.75, 3.05) is 34.4 Å². The lowest BCUT2D eigenvalue weighted by Gasteiger charge is -2.47. The Morgan fingerprint density at radius 3 is 2.43 bits per heavy atom. The maximum Gasteiger partial charge on any atom is 0.161 e. The molecule has 1 unspecified atom stereocenters. The van der Waals surface area contributed by atoms with Crippen molar-refractivity contribution in [1.29, 1.82) is 0 Å². The molecule has 30 heavy (non-hydrogen) atoms. The first-order valence-electron chi connectivity index (χ1n) is 11.4. The minimum Gasteiger partial charge on any atom is -0.493 e. The fraction of sp³-hybridized carbons (Fsp3) is 0.538. The Morgan fingerprint density at radius 2 is 1.73 bits per heavy atom. The third kappa shape index (κ3) is 5.35. The molecule has 4 atom stereocenters. The lowest BCUT2D eigenvalue weighted by Crippen LogP contribution is -3.15. The molecule has 1 heterocycles. The van der Waals surface area contributed by atoms with Gasteiger partial charge in [0.15, 0.2) is 11.5 Å². The predicted octanol–water partition coefficient (Wildman–Crippen LogP) is 2.33. The SMILES string of the molecule is COc1ccc(C[NH2+]CC[C@]2(Cc3ccccc3)C[C@H](C)[NH+](C)C[C@H]2C)cc1OC. The van der Waals surface area contributed by atoms with Crippen LogP contribution in [-0.2, 0) is 13.0 Å². The second kappa shape index (κ2) is 10.3. The van der Waals surface area contributed by atoms with Crippen molar-refractivity contribution >= 4 is 0 Å². The Labute approximate surface area is 182 Å². The minimum absolute atomic E-state index is 0.383. The van der Waals surface area contributed by atoms with Crippen LogP contribution in [0.3, 0.4) is 0 Å². The van der Waals surface area contributed by atoms with Gasteiger partial charge in [0.1, 0.15) is 6.54 Å². The predicted molar refractivity (Wildman–Crippen MR) is 122 cm³/mol. The van der Waals surface area contributed by atoms with Gasteiger partial charge < -0.3 is 19.7 Å². The molecule has 0 spiro atoms. The molecule has 0 amide bonds. The van der Waals surface area contributed by atoms with Gasteiger partial charge in [0.05, 0.1) is 40.4 Å². The van der Waals surface area contributed by atoms with E-state index in [1.807, 2.05) is 6.07 Å². The molecular weight excluding hydrogens is 372 g/mol. The molecular formula is C26H40N2O2+2. The number of likely N-dealkylation sites (tertiary alicyclic amines) is 1. The van der Waals surface area contributed by atoms with Crippen molar-refractivity contribution in [3.05, 3.63) is 59.7 Å². The Kier molecular flexibility index (Phi) is 7.79. The van der Waals surface area contributed by atoms with Gasteiger partial charge in [-0.25, -0.2) is 0 Å². The van der Waals surface area contributed by atoms with Crippen LogP contribution in [0.25, 0.3) is 0 Å². The second-order valence-corrected chi connectivity index (χ2v) is 9.30. The fourth-order valence-electron chi connectivity index (χ4n) is 5.24. The van der Waals surface area contributed by atoms with Crippen LogP contribution >= 0.6 is 0 Å². The van der Waals surface area contributed by atoms with Crippen molar-refractivity contribution < 1.29 is 19.7 Å². The maximum absolute atomic E-state index is 5.46. The first-order valence-corrected chi connectivity index (χ1v) is 11.4. The molecule has 0 radical (unpaired) electrons. The summed E-state index contributed by atoms with van der Waals surface area (Å²) in [5, 5.41) is 2.45. The first-order chi connectivity index (χ1) is 14.5. The van der Waals surface area contributed by atoms with E-state index in [-0.39, 0.29) is 0 Å². The van der Waals surface area contributed by atoms with E-state index in [1.54, 1.807) is 19.1 Å². The molecule has 164 valence electrons. The van der Waals surface area contributed by atoms with E-state index in [9.17, 15) is 0 Å². The van der Waals surface area contributed by atoms with Crippen LogP contribution in [0.1, 0.15) is 37.8 Å². The number of ether oxygens (including phenoxy) is 2. The van der Waals surface area contributed by atoms with Crippen molar-refractivity contribution in [1.82, 2.24) is 0 Å². The summed E-state index contributed by atoms with van der Waals surface area (Å²) >= 11 is 0. The fourth-order valence-corrected chi connectivity index (χ4v) is 5.24. The van der Waals surface area contributed by atoms with E-state index < -0.39 is 0 Å². The normalized spacial score (nSPS) is 26.4. The van der Waals surface area contributed by atoms with Crippen LogP contribution in [0.15, 0.2) is 48.5 Å². The molecule has 0 bridgehead atoms. The summed E-state index contributed by atoms with van der Waals surface area (Å²) in [4.78, 5) is 1.68. The van der Waals surface area contributed by atoms with Crippen LogP contribution in [0, 0.1) is 11.3 Å². The molecule has 3 rings (SSSR count). The van der Waals surface area contributed by atoms with Crippen LogP contribution in [0.2, 0.25) is 0 Å². The van der Waals surface area contributed by atoms with Crippen molar-refractivity contribution in [2.45, 2.75) is 45.7 Å². The number of methoxy groups -OCH3 is 2. The highest BCUT2D eigenvalue weighted by molar-refractivity contribution is 5.42. The second-order valence-electron chi connectivity index (χ2n) is 9.30. The molecule has 1 aliphatic heterocycles. The largest absolute Gasteiger partial charge is 0.493 e. The van der Waals surface area contributed by atoms with Gasteiger partial charge >= 0.3 is 0 Å². The monoisotopic (exact) mass is 412 g/mol. The summed E-state index contributed by atoms with van der Waals surface area (Å²) in [5.41, 5.74) is 3.14. The Balaban J connectivity index is 1.65. The van der Waals surface area contributed by atoms with Crippen LogP contribution in [0.5, 0.6) is 11.5 Å². The van der Waals surface area contributed by atoms with E-state index in [2.05, 4.69) is 68.7 Å². The summed E-state index contributed by atoms with van der Waals surface area (Å²) in [5.74, 6) is 2.33. The van der Waals surface area contributed by atoms with Crippen molar-refractivity contribution in [2.24, 2.45) is 11.3 Å². The number of rotatable bonds is 9. The maximum atomic E-state index is 5.46. The molecule has 1 aliphatic rings. The minimum atomic E-state index is 0.383. The number of hydrogen-bond donors (Lipinski definition) is 2. The average Bonchev–Trinajstić information content (AvgIpc) is 2.76. The first kappa shape index (κ1) is 22.6. The summed E-state index contributed by atoms with van der Waals surface area (Å²) in [6, 6.07) is 18.0. The van der Waals surface area contributed by atoms with Crippen molar-refractivity contribution in [3.8, 4) is 11.5 Å². The number of piperidine rings is 1. The molecule has 4 heteroatoms. The summed E-state index contributed by atoms with van der Waals surface area (Å²) in [6.45, 7) is 8.29. The summed E-state index contributed by atoms with van der Waals surface area (Å²) in [6.07, 6.45) is 3.75. The molecule has 0 aliphatic carbocycles. The number of nitrogens with one attached hydrogen (secondary N) is 1. The van der Waals surface area contributed by atoms with Gasteiger partial charge in [-0.05, 0) is 42.5 Å². The van der Waals surface area contributed by atoms with Gasteiger partial charge in [-0.2, -0.15) is 0 Å². The lowest BCUT2D eigenvalue weighted by molar-refractivity contribution is -0.916. The van der Waals surface area contributed by atoms with Gasteiger partial charge in [0, 0.05) is 24.3 Å². The highest BCUT2D eigenvalue weighted by Gasteiger charge is 2.44. The quantitative estimate of drug-likeness (QED) is 0.621. The molecule has 0 aromatic heterocycles. The number of quaternary nitrogens is 2. The van der Waals surface area contributed by atoms with Crippen molar-refractivity contribution in [3.63, 3.8) is 0 Å². The molecule has 1 saturated heterocycles. The van der Waals surface area contributed by atoms with Gasteiger partial charge in [-0.3, -0.25) is 0 Å². The summed E-state index contributed by atoms with van der Waals surface area (Å²) < 4.78 is 10.8. The van der Waals surface area contributed by atoms with Crippen LogP contribution in [0.4, 0.5) is 0 Å². The van der Waals surface area contributed by atoms with E-state index in [0.717, 1.165) is 36.5 Å². The van der Waals surface area contributed by atoms with E-state index in [0.29, 0.717) is 5.41 Å². The van der Waals surface area contributed by atoms with Crippen LogP contribution < -0.4 is 19.7 Å².